The SMILES string of the molecule is CCn1nccc1C(C)NC(=O)c1cc(C)c(C)s1. The third kappa shape index (κ3) is 2.87. The van der Waals surface area contributed by atoms with Gasteiger partial charge in [-0.15, -0.1) is 11.3 Å². The Morgan fingerprint density at radius 3 is 2.84 bits per heavy atom. The molecule has 1 N–H and O–H groups in total. The molecular formula is C14H19N3OS. The quantitative estimate of drug-likeness (QED) is 0.933. The Morgan fingerprint density at radius 1 is 1.53 bits per heavy atom. The van der Waals surface area contributed by atoms with E-state index in [9.17, 15) is 4.79 Å². The fourth-order valence-electron chi connectivity index (χ4n) is 2.00. The summed E-state index contributed by atoms with van der Waals surface area (Å²) in [6, 6.07) is 3.84. The van der Waals surface area contributed by atoms with E-state index in [0.717, 1.165) is 17.1 Å². The van der Waals surface area contributed by atoms with Crippen molar-refractivity contribution in [1.29, 1.82) is 0 Å². The van der Waals surface area contributed by atoms with Gasteiger partial charge in [0.05, 0.1) is 16.6 Å². The van der Waals surface area contributed by atoms with Gasteiger partial charge in [0, 0.05) is 17.6 Å². The minimum absolute atomic E-state index is 0.0162. The summed E-state index contributed by atoms with van der Waals surface area (Å²) in [5.74, 6) is -0.0162. The molecule has 0 saturated carbocycles. The molecule has 4 nitrogen and oxygen atoms in total. The van der Waals surface area contributed by atoms with Gasteiger partial charge in [-0.1, -0.05) is 0 Å². The molecule has 2 rings (SSSR count). The van der Waals surface area contributed by atoms with Crippen LogP contribution in [0.2, 0.25) is 0 Å². The van der Waals surface area contributed by atoms with Crippen LogP contribution in [-0.4, -0.2) is 15.7 Å². The van der Waals surface area contributed by atoms with Crippen molar-refractivity contribution in [3.63, 3.8) is 0 Å². The highest BCUT2D eigenvalue weighted by Gasteiger charge is 2.16. The van der Waals surface area contributed by atoms with E-state index in [0.29, 0.717) is 0 Å². The van der Waals surface area contributed by atoms with Gasteiger partial charge in [0.25, 0.3) is 5.91 Å². The first kappa shape index (κ1) is 13.8. The molecular weight excluding hydrogens is 258 g/mol. The van der Waals surface area contributed by atoms with E-state index >= 15 is 0 Å². The van der Waals surface area contributed by atoms with Crippen LogP contribution in [0.3, 0.4) is 0 Å². The molecule has 5 heteroatoms. The number of hydrogen-bond acceptors (Lipinski definition) is 3. The maximum absolute atomic E-state index is 12.2. The van der Waals surface area contributed by atoms with Crippen molar-refractivity contribution in [2.75, 3.05) is 0 Å². The van der Waals surface area contributed by atoms with E-state index in [1.807, 2.05) is 44.5 Å². The Hall–Kier alpha value is -1.62. The second-order valence-electron chi connectivity index (χ2n) is 4.62. The molecule has 1 amide bonds. The summed E-state index contributed by atoms with van der Waals surface area (Å²) >= 11 is 1.54. The second-order valence-corrected chi connectivity index (χ2v) is 5.87. The molecule has 0 spiro atoms. The van der Waals surface area contributed by atoms with Gasteiger partial charge in [0.2, 0.25) is 0 Å². The molecule has 1 unspecified atom stereocenters. The van der Waals surface area contributed by atoms with Gasteiger partial charge in [-0.25, -0.2) is 0 Å². The number of hydrogen-bond donors (Lipinski definition) is 1. The molecule has 2 aromatic heterocycles. The molecule has 0 fully saturated rings. The zero-order chi connectivity index (χ0) is 14.0. The molecule has 0 aliphatic carbocycles. The van der Waals surface area contributed by atoms with E-state index in [4.69, 9.17) is 0 Å². The first-order valence-electron chi connectivity index (χ1n) is 6.42. The molecule has 0 aromatic carbocycles. The first-order valence-corrected chi connectivity index (χ1v) is 7.24. The van der Waals surface area contributed by atoms with E-state index in [-0.39, 0.29) is 11.9 Å². The van der Waals surface area contributed by atoms with Crippen LogP contribution in [0.15, 0.2) is 18.3 Å². The summed E-state index contributed by atoms with van der Waals surface area (Å²) < 4.78 is 1.90. The van der Waals surface area contributed by atoms with Crippen LogP contribution in [0, 0.1) is 13.8 Å². The predicted octanol–water partition coefficient (Wildman–Crippen LogP) is 3.07. The van der Waals surface area contributed by atoms with E-state index in [1.54, 1.807) is 6.20 Å². The maximum Gasteiger partial charge on any atom is 0.261 e. The Balaban J connectivity index is 2.10. The lowest BCUT2D eigenvalue weighted by Crippen LogP contribution is -2.27. The Kier molecular flexibility index (Phi) is 4.04. The summed E-state index contributed by atoms with van der Waals surface area (Å²) in [7, 11) is 0. The van der Waals surface area contributed by atoms with Crippen molar-refractivity contribution in [3.05, 3.63) is 39.3 Å². The average molecular weight is 277 g/mol. The van der Waals surface area contributed by atoms with Crippen LogP contribution in [0.5, 0.6) is 0 Å². The number of nitrogens with one attached hydrogen (secondary N) is 1. The van der Waals surface area contributed by atoms with Crippen LogP contribution < -0.4 is 5.32 Å². The lowest BCUT2D eigenvalue weighted by atomic mass is 10.2. The molecule has 19 heavy (non-hydrogen) atoms. The number of aromatic nitrogens is 2. The second kappa shape index (κ2) is 5.57. The highest BCUT2D eigenvalue weighted by Crippen LogP contribution is 2.21. The Morgan fingerprint density at radius 2 is 2.26 bits per heavy atom. The van der Waals surface area contributed by atoms with Crippen LogP contribution in [-0.2, 0) is 6.54 Å². The Bertz CT molecular complexity index is 566. The van der Waals surface area contributed by atoms with Gasteiger partial charge < -0.3 is 5.32 Å². The van der Waals surface area contributed by atoms with Crippen molar-refractivity contribution < 1.29 is 4.79 Å². The number of carbonyl (C=O) groups excluding carboxylic acids is 1. The van der Waals surface area contributed by atoms with Gasteiger partial charge in [0.1, 0.15) is 0 Å². The summed E-state index contributed by atoms with van der Waals surface area (Å²) in [5.41, 5.74) is 2.20. The molecule has 102 valence electrons. The molecule has 0 aliphatic heterocycles. The van der Waals surface area contributed by atoms with Gasteiger partial charge >= 0.3 is 0 Å². The van der Waals surface area contributed by atoms with Crippen molar-refractivity contribution >= 4 is 17.2 Å². The lowest BCUT2D eigenvalue weighted by molar-refractivity contribution is 0.0942. The third-order valence-corrected chi connectivity index (χ3v) is 4.38. The molecule has 0 saturated heterocycles. The van der Waals surface area contributed by atoms with Gasteiger partial charge in [-0.3, -0.25) is 9.48 Å². The van der Waals surface area contributed by atoms with Crippen molar-refractivity contribution in [1.82, 2.24) is 15.1 Å². The topological polar surface area (TPSA) is 46.9 Å². The summed E-state index contributed by atoms with van der Waals surface area (Å²) in [4.78, 5) is 14.1. The van der Waals surface area contributed by atoms with E-state index in [1.165, 1.54) is 21.8 Å². The van der Waals surface area contributed by atoms with Crippen LogP contribution in [0.25, 0.3) is 0 Å². The van der Waals surface area contributed by atoms with Crippen LogP contribution >= 0.6 is 11.3 Å². The van der Waals surface area contributed by atoms with E-state index < -0.39 is 0 Å². The number of nitrogens with zero attached hydrogens (tertiary/aromatic N) is 2. The Labute approximate surface area is 117 Å². The molecule has 2 heterocycles. The highest BCUT2D eigenvalue weighted by atomic mass is 32.1. The third-order valence-electron chi connectivity index (χ3n) is 3.23. The summed E-state index contributed by atoms with van der Waals surface area (Å²) in [6.07, 6.45) is 1.76. The number of aryl methyl sites for hydroxylation is 3. The fraction of sp³-hybridized carbons (Fsp3) is 0.429. The predicted molar refractivity (Wildman–Crippen MR) is 77.6 cm³/mol. The standard InChI is InChI=1S/C14H19N3OS/c1-5-17-12(6-7-15-17)10(3)16-14(18)13-8-9(2)11(4)19-13/h6-8,10H,5H2,1-4H3,(H,16,18). The molecule has 0 aliphatic rings. The summed E-state index contributed by atoms with van der Waals surface area (Å²) in [6.45, 7) is 8.88. The first-order chi connectivity index (χ1) is 9.02. The number of carbonyl (C=O) groups is 1. The normalized spacial score (nSPS) is 12.4. The highest BCUT2D eigenvalue weighted by molar-refractivity contribution is 7.14. The largest absolute Gasteiger partial charge is 0.343 e. The van der Waals surface area contributed by atoms with Crippen LogP contribution in [0.1, 0.15) is 45.7 Å². The zero-order valence-electron chi connectivity index (χ0n) is 11.7. The number of amides is 1. The molecule has 2 aromatic rings. The monoisotopic (exact) mass is 277 g/mol. The smallest absolute Gasteiger partial charge is 0.261 e. The molecule has 1 atom stereocenters. The fourth-order valence-corrected chi connectivity index (χ4v) is 2.94. The maximum atomic E-state index is 12.2. The number of rotatable bonds is 4. The van der Waals surface area contributed by atoms with Crippen LogP contribution in [0.4, 0.5) is 0 Å². The van der Waals surface area contributed by atoms with Gasteiger partial charge in [-0.2, -0.15) is 5.10 Å². The average Bonchev–Trinajstić information content (AvgIpc) is 2.96. The van der Waals surface area contributed by atoms with Crippen molar-refractivity contribution in [2.24, 2.45) is 0 Å². The van der Waals surface area contributed by atoms with E-state index in [2.05, 4.69) is 10.4 Å². The zero-order valence-corrected chi connectivity index (χ0v) is 12.5. The van der Waals surface area contributed by atoms with Gasteiger partial charge in [0.15, 0.2) is 0 Å². The number of thiophene rings is 1. The molecule has 0 bridgehead atoms. The minimum Gasteiger partial charge on any atom is -0.343 e. The summed E-state index contributed by atoms with van der Waals surface area (Å²) in [5, 5.41) is 7.25. The van der Waals surface area contributed by atoms with Crippen molar-refractivity contribution in [2.45, 2.75) is 40.3 Å². The molecule has 0 radical (unpaired) electrons. The lowest BCUT2D eigenvalue weighted by Gasteiger charge is -2.14. The van der Waals surface area contributed by atoms with Gasteiger partial charge in [-0.05, 0) is 45.4 Å². The minimum atomic E-state index is -0.0438. The van der Waals surface area contributed by atoms with Crippen molar-refractivity contribution in [3.8, 4) is 0 Å².